The first kappa shape index (κ1) is 11.5. The lowest BCUT2D eigenvalue weighted by Crippen LogP contribution is -2.41. The third kappa shape index (κ3) is 2.41. The molecule has 2 rings (SSSR count). The Morgan fingerprint density at radius 2 is 2.06 bits per heavy atom. The number of imide groups is 1. The molecular formula is C11H19N3O2. The summed E-state index contributed by atoms with van der Waals surface area (Å²) >= 11 is 0. The van der Waals surface area contributed by atoms with E-state index < -0.39 is 0 Å². The van der Waals surface area contributed by atoms with Crippen LogP contribution in [0, 0.1) is 0 Å². The van der Waals surface area contributed by atoms with E-state index in [9.17, 15) is 9.59 Å². The van der Waals surface area contributed by atoms with Crippen LogP contribution in [0.1, 0.15) is 19.3 Å². The van der Waals surface area contributed by atoms with Gasteiger partial charge in [-0.05, 0) is 20.0 Å². The summed E-state index contributed by atoms with van der Waals surface area (Å²) in [7, 11) is 2.06. The number of carbonyl (C=O) groups is 2. The van der Waals surface area contributed by atoms with Gasteiger partial charge in [-0.3, -0.25) is 14.5 Å². The van der Waals surface area contributed by atoms with Crippen LogP contribution < -0.4 is 5.32 Å². The van der Waals surface area contributed by atoms with Crippen molar-refractivity contribution in [3.05, 3.63) is 0 Å². The molecule has 16 heavy (non-hydrogen) atoms. The van der Waals surface area contributed by atoms with Crippen LogP contribution in [0.15, 0.2) is 0 Å². The van der Waals surface area contributed by atoms with Gasteiger partial charge in [0.15, 0.2) is 0 Å². The van der Waals surface area contributed by atoms with Crippen molar-refractivity contribution in [2.45, 2.75) is 25.3 Å². The third-order valence-electron chi connectivity index (χ3n) is 3.49. The molecule has 0 aromatic heterocycles. The summed E-state index contributed by atoms with van der Waals surface area (Å²) in [6.45, 7) is 3.41. The minimum Gasteiger partial charge on any atom is -0.315 e. The predicted molar refractivity (Wildman–Crippen MR) is 59.9 cm³/mol. The van der Waals surface area contributed by atoms with Gasteiger partial charge in [-0.25, -0.2) is 0 Å². The zero-order valence-corrected chi connectivity index (χ0v) is 9.74. The van der Waals surface area contributed by atoms with Gasteiger partial charge in [0.1, 0.15) is 0 Å². The fraction of sp³-hybridized carbons (Fsp3) is 0.818. The second-order valence-corrected chi connectivity index (χ2v) is 4.57. The normalized spacial score (nSPS) is 26.1. The molecule has 2 fully saturated rings. The molecule has 90 valence electrons. The molecule has 0 aromatic rings. The minimum absolute atomic E-state index is 0.0112. The van der Waals surface area contributed by atoms with E-state index in [0.29, 0.717) is 25.4 Å². The molecule has 2 aliphatic rings. The van der Waals surface area contributed by atoms with Gasteiger partial charge in [0, 0.05) is 38.5 Å². The van der Waals surface area contributed by atoms with Crippen molar-refractivity contribution in [1.29, 1.82) is 0 Å². The first-order chi connectivity index (χ1) is 7.68. The van der Waals surface area contributed by atoms with Gasteiger partial charge in [-0.15, -0.1) is 0 Å². The Morgan fingerprint density at radius 3 is 2.62 bits per heavy atom. The van der Waals surface area contributed by atoms with Gasteiger partial charge >= 0.3 is 0 Å². The van der Waals surface area contributed by atoms with E-state index in [2.05, 4.69) is 17.3 Å². The van der Waals surface area contributed by atoms with E-state index in [4.69, 9.17) is 0 Å². The molecule has 5 heteroatoms. The van der Waals surface area contributed by atoms with Crippen molar-refractivity contribution in [3.8, 4) is 0 Å². The highest BCUT2D eigenvalue weighted by atomic mass is 16.2. The van der Waals surface area contributed by atoms with Gasteiger partial charge in [-0.1, -0.05) is 0 Å². The molecule has 0 bridgehead atoms. The molecule has 0 radical (unpaired) electrons. The Labute approximate surface area is 95.8 Å². The molecule has 2 amide bonds. The number of likely N-dealkylation sites (tertiary alicyclic amines) is 1. The van der Waals surface area contributed by atoms with Gasteiger partial charge in [0.25, 0.3) is 0 Å². The average Bonchev–Trinajstić information content (AvgIpc) is 2.87. The molecule has 0 saturated carbocycles. The lowest BCUT2D eigenvalue weighted by atomic mass is 10.2. The molecule has 0 aromatic carbocycles. The molecule has 2 aliphatic heterocycles. The third-order valence-corrected chi connectivity index (χ3v) is 3.49. The molecule has 2 saturated heterocycles. The zero-order valence-electron chi connectivity index (χ0n) is 9.74. The van der Waals surface area contributed by atoms with E-state index in [1.54, 1.807) is 0 Å². The number of likely N-dealkylation sites (N-methyl/N-ethyl adjacent to an activating group) is 1. The van der Waals surface area contributed by atoms with Crippen LogP contribution in [0.25, 0.3) is 0 Å². The average molecular weight is 225 g/mol. The first-order valence-corrected chi connectivity index (χ1v) is 5.92. The summed E-state index contributed by atoms with van der Waals surface area (Å²) in [6.07, 6.45) is 1.94. The largest absolute Gasteiger partial charge is 0.315 e. The Kier molecular flexibility index (Phi) is 3.56. The van der Waals surface area contributed by atoms with Crippen LogP contribution in [0.2, 0.25) is 0 Å². The Bertz CT molecular complexity index is 271. The summed E-state index contributed by atoms with van der Waals surface area (Å²) in [4.78, 5) is 26.4. The summed E-state index contributed by atoms with van der Waals surface area (Å²) in [5.41, 5.74) is 0. The molecule has 5 nitrogen and oxygen atoms in total. The fourth-order valence-corrected chi connectivity index (χ4v) is 2.33. The number of hydrogen-bond acceptors (Lipinski definition) is 4. The molecule has 0 spiro atoms. The number of nitrogens with one attached hydrogen (secondary N) is 1. The maximum absolute atomic E-state index is 11.4. The van der Waals surface area contributed by atoms with Crippen molar-refractivity contribution in [2.75, 3.05) is 33.2 Å². The summed E-state index contributed by atoms with van der Waals surface area (Å²) < 4.78 is 0. The molecule has 2 heterocycles. The van der Waals surface area contributed by atoms with Crippen LogP contribution in [-0.2, 0) is 9.59 Å². The maximum Gasteiger partial charge on any atom is 0.229 e. The Balaban J connectivity index is 1.77. The van der Waals surface area contributed by atoms with Gasteiger partial charge in [0.2, 0.25) is 11.8 Å². The number of amides is 2. The van der Waals surface area contributed by atoms with Crippen molar-refractivity contribution in [3.63, 3.8) is 0 Å². The van der Waals surface area contributed by atoms with E-state index in [1.807, 2.05) is 0 Å². The number of hydrogen-bond donors (Lipinski definition) is 1. The lowest BCUT2D eigenvalue weighted by molar-refractivity contribution is -0.138. The second kappa shape index (κ2) is 4.93. The standard InChI is InChI=1S/C11H19N3O2/c1-13(9-4-5-12-8-9)6-7-14-10(15)2-3-11(14)16/h9,12H,2-8H2,1H3. The highest BCUT2D eigenvalue weighted by Crippen LogP contribution is 2.12. The maximum atomic E-state index is 11.4. The second-order valence-electron chi connectivity index (χ2n) is 4.57. The Morgan fingerprint density at radius 1 is 1.38 bits per heavy atom. The SMILES string of the molecule is CN(CCN1C(=O)CCC1=O)C1CCNC1. The smallest absolute Gasteiger partial charge is 0.229 e. The lowest BCUT2D eigenvalue weighted by Gasteiger charge is -2.25. The summed E-state index contributed by atoms with van der Waals surface area (Å²) in [5.74, 6) is -0.0223. The molecule has 1 N–H and O–H groups in total. The van der Waals surface area contributed by atoms with Crippen LogP contribution in [0.5, 0.6) is 0 Å². The predicted octanol–water partition coefficient (Wildman–Crippen LogP) is -0.571. The number of rotatable bonds is 4. The van der Waals surface area contributed by atoms with Gasteiger partial charge < -0.3 is 10.2 Å². The molecular weight excluding hydrogens is 206 g/mol. The van der Waals surface area contributed by atoms with E-state index in [1.165, 1.54) is 4.90 Å². The van der Waals surface area contributed by atoms with Crippen LogP contribution in [-0.4, -0.2) is 60.9 Å². The van der Waals surface area contributed by atoms with E-state index >= 15 is 0 Å². The highest BCUT2D eigenvalue weighted by Gasteiger charge is 2.29. The highest BCUT2D eigenvalue weighted by molar-refractivity contribution is 6.01. The van der Waals surface area contributed by atoms with E-state index in [-0.39, 0.29) is 11.8 Å². The van der Waals surface area contributed by atoms with Crippen LogP contribution in [0.3, 0.4) is 0 Å². The molecule has 1 unspecified atom stereocenters. The summed E-state index contributed by atoms with van der Waals surface area (Å²) in [5, 5.41) is 3.31. The number of nitrogens with zero attached hydrogens (tertiary/aromatic N) is 2. The van der Waals surface area contributed by atoms with Gasteiger partial charge in [-0.2, -0.15) is 0 Å². The quantitative estimate of drug-likeness (QED) is 0.651. The number of carbonyl (C=O) groups excluding carboxylic acids is 2. The molecule has 0 aliphatic carbocycles. The van der Waals surface area contributed by atoms with Gasteiger partial charge in [0.05, 0.1) is 0 Å². The monoisotopic (exact) mass is 225 g/mol. The van der Waals surface area contributed by atoms with Crippen LogP contribution in [0.4, 0.5) is 0 Å². The van der Waals surface area contributed by atoms with Crippen molar-refractivity contribution in [2.24, 2.45) is 0 Å². The van der Waals surface area contributed by atoms with E-state index in [0.717, 1.165) is 26.1 Å². The fourth-order valence-electron chi connectivity index (χ4n) is 2.33. The van der Waals surface area contributed by atoms with Crippen molar-refractivity contribution < 1.29 is 9.59 Å². The topological polar surface area (TPSA) is 52.7 Å². The minimum atomic E-state index is -0.0112. The summed E-state index contributed by atoms with van der Waals surface area (Å²) in [6, 6.07) is 0.549. The zero-order chi connectivity index (χ0) is 11.5. The Hall–Kier alpha value is -0.940. The molecule has 1 atom stereocenters. The van der Waals surface area contributed by atoms with Crippen molar-refractivity contribution >= 4 is 11.8 Å². The first-order valence-electron chi connectivity index (χ1n) is 5.92. The van der Waals surface area contributed by atoms with Crippen molar-refractivity contribution in [1.82, 2.24) is 15.1 Å². The van der Waals surface area contributed by atoms with Crippen LogP contribution >= 0.6 is 0 Å².